The molecule has 0 fully saturated rings. The molecule has 138 valence electrons. The smallest absolute Gasteiger partial charge is 0.273 e. The number of ether oxygens (including phenoxy) is 1. The zero-order chi connectivity index (χ0) is 19.6. The number of carbonyl (C=O) groups excluding carboxylic acids is 1. The molecule has 0 aliphatic rings. The summed E-state index contributed by atoms with van der Waals surface area (Å²) in [5, 5.41) is 15.6. The molecule has 0 bridgehead atoms. The predicted molar refractivity (Wildman–Crippen MR) is 99.8 cm³/mol. The first kappa shape index (κ1) is 18.5. The van der Waals surface area contributed by atoms with E-state index in [4.69, 9.17) is 4.74 Å². The first-order chi connectivity index (χ1) is 12.9. The van der Waals surface area contributed by atoms with Crippen molar-refractivity contribution >= 4 is 28.1 Å². The lowest BCUT2D eigenvalue weighted by atomic mass is 10.1. The number of nitro groups is 1. The highest BCUT2D eigenvalue weighted by molar-refractivity contribution is 7.14. The van der Waals surface area contributed by atoms with Crippen LogP contribution in [0.25, 0.3) is 11.3 Å². The van der Waals surface area contributed by atoms with Crippen LogP contribution < -0.4 is 10.1 Å². The molecule has 0 radical (unpaired) electrons. The van der Waals surface area contributed by atoms with Crippen molar-refractivity contribution in [2.75, 3.05) is 12.4 Å². The van der Waals surface area contributed by atoms with Crippen LogP contribution in [0.2, 0.25) is 0 Å². The van der Waals surface area contributed by atoms with Gasteiger partial charge >= 0.3 is 0 Å². The fourth-order valence-corrected chi connectivity index (χ4v) is 3.12. The van der Waals surface area contributed by atoms with Crippen molar-refractivity contribution in [3.8, 4) is 17.0 Å². The molecule has 1 aromatic heterocycles. The average Bonchev–Trinajstić information content (AvgIpc) is 3.10. The SMILES string of the molecule is COc1ccc(-c2csc(NC(=O)c3ccc(C)c([N+](=O)[O-])c3)n2)cc1F. The summed E-state index contributed by atoms with van der Waals surface area (Å²) in [7, 11) is 1.38. The summed E-state index contributed by atoms with van der Waals surface area (Å²) < 4.78 is 18.7. The minimum Gasteiger partial charge on any atom is -0.494 e. The summed E-state index contributed by atoms with van der Waals surface area (Å²) in [4.78, 5) is 27.1. The molecule has 27 heavy (non-hydrogen) atoms. The van der Waals surface area contributed by atoms with Gasteiger partial charge in [-0.05, 0) is 31.2 Å². The minimum absolute atomic E-state index is 0.128. The van der Waals surface area contributed by atoms with Gasteiger partial charge in [0.25, 0.3) is 11.6 Å². The predicted octanol–water partition coefficient (Wildman–Crippen LogP) is 4.43. The van der Waals surface area contributed by atoms with Gasteiger partial charge in [0.15, 0.2) is 16.7 Å². The number of carbonyl (C=O) groups is 1. The molecule has 0 saturated heterocycles. The Morgan fingerprint density at radius 3 is 2.74 bits per heavy atom. The van der Waals surface area contributed by atoms with Crippen LogP contribution in [-0.2, 0) is 0 Å². The monoisotopic (exact) mass is 387 g/mol. The molecule has 0 aliphatic carbocycles. The van der Waals surface area contributed by atoms with Crippen molar-refractivity contribution < 1.29 is 18.8 Å². The Hall–Kier alpha value is -3.33. The highest BCUT2D eigenvalue weighted by atomic mass is 32.1. The van der Waals surface area contributed by atoms with Crippen LogP contribution >= 0.6 is 11.3 Å². The molecule has 1 N–H and O–H groups in total. The van der Waals surface area contributed by atoms with E-state index in [1.54, 1.807) is 18.4 Å². The van der Waals surface area contributed by atoms with Crippen LogP contribution in [0, 0.1) is 22.9 Å². The van der Waals surface area contributed by atoms with Crippen molar-refractivity contribution in [2.24, 2.45) is 0 Å². The van der Waals surface area contributed by atoms with Gasteiger partial charge in [0.2, 0.25) is 0 Å². The Labute approximate surface area is 157 Å². The molecule has 0 spiro atoms. The standard InChI is InChI=1S/C18H14FN3O4S/c1-10-3-4-12(8-15(10)22(24)25)17(23)21-18-20-14(9-27-18)11-5-6-16(26-2)13(19)7-11/h3-9H,1-2H3,(H,20,21,23). The number of benzene rings is 2. The van der Waals surface area contributed by atoms with Crippen molar-refractivity contribution in [2.45, 2.75) is 6.92 Å². The van der Waals surface area contributed by atoms with E-state index >= 15 is 0 Å². The molecule has 7 nitrogen and oxygen atoms in total. The zero-order valence-corrected chi connectivity index (χ0v) is 15.2. The van der Waals surface area contributed by atoms with Gasteiger partial charge in [0.1, 0.15) is 0 Å². The van der Waals surface area contributed by atoms with E-state index in [0.717, 1.165) is 0 Å². The van der Waals surface area contributed by atoms with E-state index in [1.807, 2.05) is 0 Å². The Balaban J connectivity index is 1.80. The maximum atomic E-state index is 13.8. The van der Waals surface area contributed by atoms with Gasteiger partial charge in [0.05, 0.1) is 17.7 Å². The van der Waals surface area contributed by atoms with Crippen LogP contribution in [0.4, 0.5) is 15.2 Å². The van der Waals surface area contributed by atoms with E-state index in [9.17, 15) is 19.3 Å². The Kier molecular flexibility index (Phi) is 5.13. The van der Waals surface area contributed by atoms with Gasteiger partial charge in [0, 0.05) is 28.1 Å². The molecule has 3 aromatic rings. The van der Waals surface area contributed by atoms with Crippen LogP contribution in [0.1, 0.15) is 15.9 Å². The second kappa shape index (κ2) is 7.50. The summed E-state index contributed by atoms with van der Waals surface area (Å²) >= 11 is 1.17. The lowest BCUT2D eigenvalue weighted by molar-refractivity contribution is -0.385. The number of rotatable bonds is 5. The number of aromatic nitrogens is 1. The molecule has 2 aromatic carbocycles. The fourth-order valence-electron chi connectivity index (χ4n) is 2.41. The molecule has 1 amide bonds. The number of halogens is 1. The number of nitrogens with one attached hydrogen (secondary N) is 1. The second-order valence-electron chi connectivity index (χ2n) is 5.60. The molecule has 0 unspecified atom stereocenters. The second-order valence-corrected chi connectivity index (χ2v) is 6.46. The van der Waals surface area contributed by atoms with Crippen molar-refractivity contribution in [1.82, 2.24) is 4.98 Å². The van der Waals surface area contributed by atoms with Crippen LogP contribution in [-0.4, -0.2) is 22.9 Å². The largest absolute Gasteiger partial charge is 0.494 e. The van der Waals surface area contributed by atoms with Crippen molar-refractivity contribution in [1.29, 1.82) is 0 Å². The number of anilines is 1. The van der Waals surface area contributed by atoms with E-state index in [0.29, 0.717) is 22.0 Å². The van der Waals surface area contributed by atoms with Gasteiger partial charge in [-0.2, -0.15) is 0 Å². The highest BCUT2D eigenvalue weighted by Gasteiger charge is 2.16. The van der Waals surface area contributed by atoms with Gasteiger partial charge in [-0.3, -0.25) is 20.2 Å². The Morgan fingerprint density at radius 1 is 1.30 bits per heavy atom. The fraction of sp³-hybridized carbons (Fsp3) is 0.111. The molecule has 3 rings (SSSR count). The lowest BCUT2D eigenvalue weighted by Gasteiger charge is -2.04. The summed E-state index contributed by atoms with van der Waals surface area (Å²) in [5.74, 6) is -0.899. The molecule has 1 heterocycles. The first-order valence-electron chi connectivity index (χ1n) is 7.75. The van der Waals surface area contributed by atoms with Gasteiger partial charge in [-0.15, -0.1) is 11.3 Å². The number of hydrogen-bond acceptors (Lipinski definition) is 6. The van der Waals surface area contributed by atoms with Crippen molar-refractivity contribution in [3.63, 3.8) is 0 Å². The summed E-state index contributed by atoms with van der Waals surface area (Å²) in [5.41, 5.74) is 1.52. The van der Waals surface area contributed by atoms with Crippen LogP contribution in [0.15, 0.2) is 41.8 Å². The molecular formula is C18H14FN3O4S. The summed E-state index contributed by atoms with van der Waals surface area (Å²) in [6.07, 6.45) is 0. The molecule has 0 saturated carbocycles. The highest BCUT2D eigenvalue weighted by Crippen LogP contribution is 2.29. The third-order valence-corrected chi connectivity index (χ3v) is 4.60. The lowest BCUT2D eigenvalue weighted by Crippen LogP contribution is -2.12. The normalized spacial score (nSPS) is 10.5. The van der Waals surface area contributed by atoms with E-state index in [2.05, 4.69) is 10.3 Å². The molecular weight excluding hydrogens is 373 g/mol. The third-order valence-electron chi connectivity index (χ3n) is 3.84. The van der Waals surface area contributed by atoms with Gasteiger partial charge < -0.3 is 4.74 Å². The van der Waals surface area contributed by atoms with Crippen molar-refractivity contribution in [3.05, 3.63) is 68.8 Å². The number of hydrogen-bond donors (Lipinski definition) is 1. The number of methoxy groups -OCH3 is 1. The molecule has 9 heteroatoms. The maximum absolute atomic E-state index is 13.8. The van der Waals surface area contributed by atoms with E-state index in [1.165, 1.54) is 48.8 Å². The molecule has 0 atom stereocenters. The first-order valence-corrected chi connectivity index (χ1v) is 8.63. The number of amides is 1. The van der Waals surface area contributed by atoms with Crippen LogP contribution in [0.3, 0.4) is 0 Å². The Morgan fingerprint density at radius 2 is 2.07 bits per heavy atom. The number of aryl methyl sites for hydroxylation is 1. The average molecular weight is 387 g/mol. The van der Waals surface area contributed by atoms with Crippen LogP contribution in [0.5, 0.6) is 5.75 Å². The summed E-state index contributed by atoms with van der Waals surface area (Å²) in [6, 6.07) is 8.69. The number of thiazole rings is 1. The third kappa shape index (κ3) is 3.93. The summed E-state index contributed by atoms with van der Waals surface area (Å²) in [6.45, 7) is 1.60. The van der Waals surface area contributed by atoms with Gasteiger partial charge in [-0.25, -0.2) is 9.37 Å². The maximum Gasteiger partial charge on any atom is 0.273 e. The van der Waals surface area contributed by atoms with E-state index < -0.39 is 16.6 Å². The minimum atomic E-state index is -0.536. The molecule has 0 aliphatic heterocycles. The van der Waals surface area contributed by atoms with E-state index in [-0.39, 0.29) is 17.0 Å². The number of nitrogens with zero attached hydrogens (tertiary/aromatic N) is 2. The number of nitro benzene ring substituents is 1. The van der Waals surface area contributed by atoms with Gasteiger partial charge in [-0.1, -0.05) is 6.07 Å². The quantitative estimate of drug-likeness (QED) is 0.516. The zero-order valence-electron chi connectivity index (χ0n) is 14.4. The topological polar surface area (TPSA) is 94.4 Å². The Bertz CT molecular complexity index is 1040.